The van der Waals surface area contributed by atoms with Crippen molar-refractivity contribution in [1.82, 2.24) is 9.80 Å². The van der Waals surface area contributed by atoms with Gasteiger partial charge >= 0.3 is 0 Å². The van der Waals surface area contributed by atoms with Crippen molar-refractivity contribution in [2.24, 2.45) is 0 Å². The summed E-state index contributed by atoms with van der Waals surface area (Å²) in [7, 11) is 1.74. The van der Waals surface area contributed by atoms with Gasteiger partial charge in [0.05, 0.1) is 18.1 Å². The van der Waals surface area contributed by atoms with Gasteiger partial charge in [-0.15, -0.1) is 6.58 Å². The number of hydrogen-bond donors (Lipinski definition) is 1. The van der Waals surface area contributed by atoms with Crippen LogP contribution in [0.2, 0.25) is 0 Å². The van der Waals surface area contributed by atoms with Crippen LogP contribution in [0.15, 0.2) is 55.1 Å². The Morgan fingerprint density at radius 1 is 1.12 bits per heavy atom. The molecule has 5 atom stereocenters. The molecule has 1 N–H and O–H groups in total. The molecule has 4 aliphatic rings. The summed E-state index contributed by atoms with van der Waals surface area (Å²) in [6.07, 6.45) is 11.6. The van der Waals surface area contributed by atoms with Crippen molar-refractivity contribution in [3.8, 4) is 11.5 Å². The van der Waals surface area contributed by atoms with E-state index in [1.165, 1.54) is 48.8 Å². The van der Waals surface area contributed by atoms with E-state index in [1.807, 2.05) is 6.08 Å². The minimum atomic E-state index is -0.805. The summed E-state index contributed by atoms with van der Waals surface area (Å²) in [5, 5.41) is 12.8. The van der Waals surface area contributed by atoms with Crippen LogP contribution in [-0.4, -0.2) is 71.5 Å². The molecule has 2 bridgehead atoms. The summed E-state index contributed by atoms with van der Waals surface area (Å²) in [5.74, 6) is 1.71. The Morgan fingerprint density at radius 2 is 1.93 bits per heavy atom. The molecule has 2 aliphatic heterocycles. The first-order valence-corrected chi connectivity index (χ1v) is 15.7. The highest BCUT2D eigenvalue weighted by Gasteiger charge is 2.73. The zero-order valence-corrected chi connectivity index (χ0v) is 24.8. The van der Waals surface area contributed by atoms with E-state index in [9.17, 15) is 5.11 Å². The molecule has 0 radical (unpaired) electrons. The maximum absolute atomic E-state index is 12.8. The molecule has 2 aromatic carbocycles. The van der Waals surface area contributed by atoms with Crippen molar-refractivity contribution >= 4 is 0 Å². The molecule has 5 heteroatoms. The van der Waals surface area contributed by atoms with Crippen LogP contribution in [0.5, 0.6) is 11.5 Å². The third kappa shape index (κ3) is 4.31. The molecule has 216 valence electrons. The molecule has 0 unspecified atom stereocenters. The Kier molecular flexibility index (Phi) is 7.75. The number of hydrogen-bond acceptors (Lipinski definition) is 5. The van der Waals surface area contributed by atoms with E-state index in [-0.39, 0.29) is 18.2 Å². The Morgan fingerprint density at radius 3 is 2.67 bits per heavy atom. The van der Waals surface area contributed by atoms with E-state index >= 15 is 0 Å². The topological polar surface area (TPSA) is 45.2 Å². The normalized spacial score (nSPS) is 30.3. The van der Waals surface area contributed by atoms with Crippen molar-refractivity contribution in [1.29, 1.82) is 0 Å². The lowest BCUT2D eigenvalue weighted by Crippen LogP contribution is -2.78. The second-order valence-electron chi connectivity index (χ2n) is 12.9. The SMILES string of the molecule is C=CCN1CC[C@]23c4c5ccc(OC)c4O[C@H]2[C@H](N(CCCCCCc2ccccc2)C(C)C)CC[C@@]3(O)[C@H]1C5. The maximum Gasteiger partial charge on any atom is 0.165 e. The number of piperidine rings is 1. The van der Waals surface area contributed by atoms with Crippen LogP contribution >= 0.6 is 0 Å². The van der Waals surface area contributed by atoms with Gasteiger partial charge in [-0.2, -0.15) is 0 Å². The van der Waals surface area contributed by atoms with Gasteiger partial charge in [0.15, 0.2) is 11.5 Å². The van der Waals surface area contributed by atoms with Crippen LogP contribution in [0, 0.1) is 0 Å². The second kappa shape index (κ2) is 11.2. The fourth-order valence-corrected chi connectivity index (χ4v) is 8.91. The standard InChI is InChI=1S/C35H48N2O3/c1-5-21-36-23-20-34-31-27-16-17-29(39-4)32(31)40-33(34)28(18-19-35(34,38)30(36)24-27)37(25(2)3)22-12-7-6-9-13-26-14-10-8-11-15-26/h5,8,10-11,14-17,25,28,30,33,38H,1,6-7,9,12-13,18-24H2,2-4H3/t28-,30-,33+,34+,35-/m1/s1. The van der Waals surface area contributed by atoms with Crippen molar-refractivity contribution < 1.29 is 14.6 Å². The summed E-state index contributed by atoms with van der Waals surface area (Å²) in [6.45, 7) is 11.5. The monoisotopic (exact) mass is 544 g/mol. The van der Waals surface area contributed by atoms with Crippen LogP contribution in [0.3, 0.4) is 0 Å². The minimum absolute atomic E-state index is 0.0644. The van der Waals surface area contributed by atoms with Crippen molar-refractivity contribution in [3.63, 3.8) is 0 Å². The average molecular weight is 545 g/mol. The highest BCUT2D eigenvalue weighted by atomic mass is 16.5. The Bertz CT molecular complexity index is 1200. The number of aliphatic hydroxyl groups is 1. The van der Waals surface area contributed by atoms with E-state index in [0.29, 0.717) is 6.04 Å². The molecule has 5 nitrogen and oxygen atoms in total. The number of aryl methyl sites for hydroxylation is 1. The fraction of sp³-hybridized carbons (Fsp3) is 0.600. The number of likely N-dealkylation sites (tertiary alicyclic amines) is 1. The zero-order chi connectivity index (χ0) is 27.9. The Balaban J connectivity index is 1.24. The lowest BCUT2D eigenvalue weighted by Gasteiger charge is -2.65. The predicted octanol–water partition coefficient (Wildman–Crippen LogP) is 5.92. The summed E-state index contributed by atoms with van der Waals surface area (Å²) in [4.78, 5) is 5.17. The van der Waals surface area contributed by atoms with Gasteiger partial charge in [-0.3, -0.25) is 9.80 Å². The van der Waals surface area contributed by atoms with Crippen molar-refractivity contribution in [2.75, 3.05) is 26.7 Å². The molecule has 0 amide bonds. The number of unbranched alkanes of at least 4 members (excludes halogenated alkanes) is 3. The van der Waals surface area contributed by atoms with Gasteiger partial charge in [0, 0.05) is 30.2 Å². The molecular formula is C35H48N2O3. The first kappa shape index (κ1) is 27.8. The van der Waals surface area contributed by atoms with Gasteiger partial charge in [-0.25, -0.2) is 0 Å². The number of benzene rings is 2. The van der Waals surface area contributed by atoms with Crippen LogP contribution in [0.25, 0.3) is 0 Å². The molecule has 40 heavy (non-hydrogen) atoms. The molecule has 0 aromatic heterocycles. The summed E-state index contributed by atoms with van der Waals surface area (Å²) in [5.41, 5.74) is 2.83. The number of rotatable bonds is 12. The number of ether oxygens (including phenoxy) is 2. The summed E-state index contributed by atoms with van der Waals surface area (Å²) in [6, 6.07) is 15.9. The molecule has 1 saturated carbocycles. The van der Waals surface area contributed by atoms with E-state index in [1.54, 1.807) is 7.11 Å². The van der Waals surface area contributed by atoms with Gasteiger partial charge in [-0.05, 0) is 89.1 Å². The first-order valence-electron chi connectivity index (χ1n) is 15.7. The highest BCUT2D eigenvalue weighted by molar-refractivity contribution is 5.63. The summed E-state index contributed by atoms with van der Waals surface area (Å²) >= 11 is 0. The Hall–Kier alpha value is -2.34. The minimum Gasteiger partial charge on any atom is -0.493 e. The number of methoxy groups -OCH3 is 1. The first-order chi connectivity index (χ1) is 19.4. The summed E-state index contributed by atoms with van der Waals surface area (Å²) < 4.78 is 12.9. The molecule has 1 spiro atoms. The largest absolute Gasteiger partial charge is 0.493 e. The lowest BCUT2D eigenvalue weighted by molar-refractivity contribution is -0.200. The van der Waals surface area contributed by atoms with Crippen LogP contribution < -0.4 is 9.47 Å². The van der Waals surface area contributed by atoms with E-state index in [4.69, 9.17) is 9.47 Å². The molecule has 2 heterocycles. The predicted molar refractivity (Wildman–Crippen MR) is 161 cm³/mol. The van der Waals surface area contributed by atoms with Gasteiger partial charge in [0.25, 0.3) is 0 Å². The molecule has 1 saturated heterocycles. The molecule has 6 rings (SSSR count). The second-order valence-corrected chi connectivity index (χ2v) is 12.9. The van der Waals surface area contributed by atoms with Gasteiger partial charge < -0.3 is 14.6 Å². The van der Waals surface area contributed by atoms with E-state index in [2.05, 4.69) is 72.7 Å². The molecule has 2 fully saturated rings. The van der Waals surface area contributed by atoms with Gasteiger partial charge in [0.2, 0.25) is 0 Å². The smallest absolute Gasteiger partial charge is 0.165 e. The quantitative estimate of drug-likeness (QED) is 0.266. The van der Waals surface area contributed by atoms with Gasteiger partial charge in [-0.1, -0.05) is 55.3 Å². The zero-order valence-electron chi connectivity index (χ0n) is 24.8. The van der Waals surface area contributed by atoms with Crippen LogP contribution in [0.1, 0.15) is 75.5 Å². The van der Waals surface area contributed by atoms with E-state index < -0.39 is 11.0 Å². The van der Waals surface area contributed by atoms with Crippen molar-refractivity contribution in [3.05, 3.63) is 71.8 Å². The Labute approximate surface area is 241 Å². The van der Waals surface area contributed by atoms with Crippen LogP contribution in [0.4, 0.5) is 0 Å². The third-order valence-corrected chi connectivity index (χ3v) is 10.7. The average Bonchev–Trinajstić information content (AvgIpc) is 3.31. The van der Waals surface area contributed by atoms with E-state index in [0.717, 1.165) is 56.8 Å². The molecule has 2 aromatic rings. The third-order valence-electron chi connectivity index (χ3n) is 10.7. The number of nitrogens with zero attached hydrogens (tertiary/aromatic N) is 2. The molecular weight excluding hydrogens is 496 g/mol. The fourth-order valence-electron chi connectivity index (χ4n) is 8.91. The van der Waals surface area contributed by atoms with Gasteiger partial charge in [0.1, 0.15) is 6.10 Å². The molecule has 2 aliphatic carbocycles. The van der Waals surface area contributed by atoms with Crippen molar-refractivity contribution in [2.45, 2.75) is 107 Å². The lowest BCUT2D eigenvalue weighted by atomic mass is 9.48. The highest BCUT2D eigenvalue weighted by Crippen LogP contribution is 2.66. The maximum atomic E-state index is 12.8. The van der Waals surface area contributed by atoms with Crippen LogP contribution in [-0.2, 0) is 18.3 Å².